The normalized spacial score (nSPS) is 18.9. The standard InChI is InChI=1S/C13H18FNS/c1-16-11-6-4-5-10(14)12(11)13(9-15)7-2-3-8-13/h4-6H,2-3,7-9,15H2,1H3. The van der Waals surface area contributed by atoms with E-state index in [2.05, 4.69) is 0 Å². The molecule has 1 saturated carbocycles. The number of hydrogen-bond acceptors (Lipinski definition) is 2. The van der Waals surface area contributed by atoms with Gasteiger partial charge in [0.25, 0.3) is 0 Å². The maximum Gasteiger partial charge on any atom is 0.128 e. The molecular weight excluding hydrogens is 221 g/mol. The second kappa shape index (κ2) is 4.76. The van der Waals surface area contributed by atoms with E-state index in [4.69, 9.17) is 5.73 Å². The largest absolute Gasteiger partial charge is 0.330 e. The molecule has 1 aromatic carbocycles. The molecular formula is C13H18FNS. The van der Waals surface area contributed by atoms with Gasteiger partial charge in [-0.05, 0) is 31.2 Å². The molecule has 16 heavy (non-hydrogen) atoms. The minimum absolute atomic E-state index is 0.0841. The first kappa shape index (κ1) is 11.9. The first-order chi connectivity index (χ1) is 7.73. The summed E-state index contributed by atoms with van der Waals surface area (Å²) in [6, 6.07) is 5.34. The topological polar surface area (TPSA) is 26.0 Å². The Morgan fingerprint density at radius 1 is 1.38 bits per heavy atom. The number of rotatable bonds is 3. The Hall–Kier alpha value is -0.540. The molecule has 2 N–H and O–H groups in total. The first-order valence-electron chi connectivity index (χ1n) is 5.76. The van der Waals surface area contributed by atoms with Gasteiger partial charge in [0.15, 0.2) is 0 Å². The summed E-state index contributed by atoms with van der Waals surface area (Å²) in [6.45, 7) is 0.557. The second-order valence-corrected chi connectivity index (χ2v) is 5.36. The fourth-order valence-corrected chi connectivity index (χ4v) is 3.53. The van der Waals surface area contributed by atoms with Crippen molar-refractivity contribution in [3.63, 3.8) is 0 Å². The van der Waals surface area contributed by atoms with Gasteiger partial charge in [0.05, 0.1) is 0 Å². The third-order valence-corrected chi connectivity index (χ3v) is 4.46. The van der Waals surface area contributed by atoms with Crippen LogP contribution in [0.2, 0.25) is 0 Å². The smallest absolute Gasteiger partial charge is 0.128 e. The Morgan fingerprint density at radius 3 is 2.62 bits per heavy atom. The van der Waals surface area contributed by atoms with Crippen molar-refractivity contribution in [3.05, 3.63) is 29.6 Å². The number of nitrogens with two attached hydrogens (primary N) is 1. The first-order valence-corrected chi connectivity index (χ1v) is 6.99. The molecule has 0 atom stereocenters. The van der Waals surface area contributed by atoms with E-state index in [9.17, 15) is 4.39 Å². The molecule has 0 amide bonds. The van der Waals surface area contributed by atoms with E-state index in [1.807, 2.05) is 12.3 Å². The van der Waals surface area contributed by atoms with Crippen molar-refractivity contribution in [2.45, 2.75) is 36.0 Å². The number of benzene rings is 1. The lowest BCUT2D eigenvalue weighted by atomic mass is 9.78. The van der Waals surface area contributed by atoms with E-state index in [0.717, 1.165) is 23.3 Å². The Balaban J connectivity index is 2.52. The SMILES string of the molecule is CSc1cccc(F)c1C1(CN)CCCC1. The van der Waals surface area contributed by atoms with Gasteiger partial charge in [-0.15, -0.1) is 11.8 Å². The third kappa shape index (κ3) is 1.87. The highest BCUT2D eigenvalue weighted by molar-refractivity contribution is 7.98. The maximum absolute atomic E-state index is 14.1. The highest BCUT2D eigenvalue weighted by Crippen LogP contribution is 2.44. The number of hydrogen-bond donors (Lipinski definition) is 1. The fourth-order valence-electron chi connectivity index (χ4n) is 2.80. The minimum Gasteiger partial charge on any atom is -0.330 e. The fraction of sp³-hybridized carbons (Fsp3) is 0.538. The third-order valence-electron chi connectivity index (χ3n) is 3.68. The molecule has 0 aliphatic heterocycles. The van der Waals surface area contributed by atoms with Crippen molar-refractivity contribution in [3.8, 4) is 0 Å². The molecule has 1 aliphatic carbocycles. The van der Waals surface area contributed by atoms with Crippen molar-refractivity contribution in [2.75, 3.05) is 12.8 Å². The van der Waals surface area contributed by atoms with Gasteiger partial charge in [0.2, 0.25) is 0 Å². The van der Waals surface area contributed by atoms with Crippen LogP contribution in [-0.2, 0) is 5.41 Å². The van der Waals surface area contributed by atoms with Crippen LogP contribution in [0.4, 0.5) is 4.39 Å². The molecule has 3 heteroatoms. The summed E-state index contributed by atoms with van der Waals surface area (Å²) in [5.41, 5.74) is 6.67. The molecule has 88 valence electrons. The van der Waals surface area contributed by atoms with Gasteiger partial charge < -0.3 is 5.73 Å². The summed E-state index contributed by atoms with van der Waals surface area (Å²) in [4.78, 5) is 1.05. The van der Waals surface area contributed by atoms with Gasteiger partial charge in [-0.2, -0.15) is 0 Å². The van der Waals surface area contributed by atoms with Gasteiger partial charge in [-0.25, -0.2) is 4.39 Å². The van der Waals surface area contributed by atoms with Crippen LogP contribution < -0.4 is 5.73 Å². The average Bonchev–Trinajstić information content (AvgIpc) is 2.78. The van der Waals surface area contributed by atoms with Gasteiger partial charge >= 0.3 is 0 Å². The van der Waals surface area contributed by atoms with Gasteiger partial charge in [0, 0.05) is 22.4 Å². The highest BCUT2D eigenvalue weighted by atomic mass is 32.2. The molecule has 0 aromatic heterocycles. The molecule has 0 unspecified atom stereocenters. The molecule has 1 nitrogen and oxygen atoms in total. The van der Waals surface area contributed by atoms with Crippen LogP contribution in [0, 0.1) is 5.82 Å². The van der Waals surface area contributed by atoms with Crippen LogP contribution in [0.15, 0.2) is 23.1 Å². The Morgan fingerprint density at radius 2 is 2.06 bits per heavy atom. The monoisotopic (exact) mass is 239 g/mol. The Labute approximate surface area is 101 Å². The molecule has 0 bridgehead atoms. The lowest BCUT2D eigenvalue weighted by Crippen LogP contribution is -2.33. The lowest BCUT2D eigenvalue weighted by Gasteiger charge is -2.30. The Bertz CT molecular complexity index is 372. The molecule has 0 spiro atoms. The summed E-state index contributed by atoms with van der Waals surface area (Å²) < 4.78 is 14.1. The molecule has 0 saturated heterocycles. The number of halogens is 1. The van der Waals surface area contributed by atoms with Crippen LogP contribution in [0.1, 0.15) is 31.2 Å². The van der Waals surface area contributed by atoms with Crippen molar-refractivity contribution in [1.29, 1.82) is 0 Å². The summed E-state index contributed by atoms with van der Waals surface area (Å²) in [5, 5.41) is 0. The van der Waals surface area contributed by atoms with Gasteiger partial charge in [0.1, 0.15) is 5.82 Å². The summed E-state index contributed by atoms with van der Waals surface area (Å²) in [5.74, 6) is -0.0841. The van der Waals surface area contributed by atoms with Crippen molar-refractivity contribution in [1.82, 2.24) is 0 Å². The van der Waals surface area contributed by atoms with Crippen LogP contribution in [0.3, 0.4) is 0 Å². The van der Waals surface area contributed by atoms with E-state index < -0.39 is 0 Å². The van der Waals surface area contributed by atoms with E-state index in [1.165, 1.54) is 12.8 Å². The predicted octanol–water partition coefficient (Wildman–Crippen LogP) is 3.32. The molecule has 0 heterocycles. The Kier molecular flexibility index (Phi) is 3.55. The average molecular weight is 239 g/mol. The molecule has 0 radical (unpaired) electrons. The van der Waals surface area contributed by atoms with E-state index in [1.54, 1.807) is 23.9 Å². The van der Waals surface area contributed by atoms with Crippen LogP contribution in [0.5, 0.6) is 0 Å². The van der Waals surface area contributed by atoms with E-state index >= 15 is 0 Å². The highest BCUT2D eigenvalue weighted by Gasteiger charge is 2.37. The zero-order valence-corrected chi connectivity index (χ0v) is 10.4. The molecule has 2 rings (SSSR count). The quantitative estimate of drug-likeness (QED) is 0.819. The summed E-state index contributed by atoms with van der Waals surface area (Å²) >= 11 is 1.61. The van der Waals surface area contributed by atoms with Crippen molar-refractivity contribution in [2.24, 2.45) is 5.73 Å². The minimum atomic E-state index is -0.107. The number of thioether (sulfide) groups is 1. The van der Waals surface area contributed by atoms with E-state index in [-0.39, 0.29) is 11.2 Å². The molecule has 1 aliphatic rings. The van der Waals surface area contributed by atoms with Crippen LogP contribution in [0.25, 0.3) is 0 Å². The lowest BCUT2D eigenvalue weighted by molar-refractivity contribution is 0.418. The summed E-state index contributed by atoms with van der Waals surface area (Å²) in [7, 11) is 0. The van der Waals surface area contributed by atoms with Crippen molar-refractivity contribution < 1.29 is 4.39 Å². The maximum atomic E-state index is 14.1. The zero-order valence-electron chi connectivity index (χ0n) is 9.63. The van der Waals surface area contributed by atoms with Crippen LogP contribution >= 0.6 is 11.8 Å². The van der Waals surface area contributed by atoms with Crippen LogP contribution in [-0.4, -0.2) is 12.8 Å². The summed E-state index contributed by atoms with van der Waals surface area (Å²) in [6.07, 6.45) is 6.38. The van der Waals surface area contributed by atoms with Gasteiger partial charge in [-0.3, -0.25) is 0 Å². The van der Waals surface area contributed by atoms with E-state index in [0.29, 0.717) is 6.54 Å². The van der Waals surface area contributed by atoms with Gasteiger partial charge in [-0.1, -0.05) is 18.9 Å². The zero-order chi connectivity index (χ0) is 11.6. The molecule has 1 aromatic rings. The second-order valence-electron chi connectivity index (χ2n) is 4.51. The van der Waals surface area contributed by atoms with Crippen molar-refractivity contribution >= 4 is 11.8 Å². The molecule has 1 fully saturated rings. The predicted molar refractivity (Wildman–Crippen MR) is 67.4 cm³/mol.